The van der Waals surface area contributed by atoms with Crippen molar-refractivity contribution in [1.29, 1.82) is 0 Å². The zero-order valence-corrected chi connectivity index (χ0v) is 20.9. The van der Waals surface area contributed by atoms with Crippen LogP contribution in [0.4, 0.5) is 0 Å². The molecule has 188 valence electrons. The second-order valence-electron chi connectivity index (χ2n) is 10.2. The number of unbranched alkanes of at least 4 members (excludes halogenated alkanes) is 6. The van der Waals surface area contributed by atoms with Crippen LogP contribution in [0, 0.1) is 11.8 Å². The van der Waals surface area contributed by atoms with Crippen LogP contribution in [0.1, 0.15) is 116 Å². The Morgan fingerprint density at radius 1 is 0.848 bits per heavy atom. The summed E-state index contributed by atoms with van der Waals surface area (Å²) in [6.07, 6.45) is 26.8. The molecule has 2 aliphatic rings. The zero-order chi connectivity index (χ0) is 23.7. The Hall–Kier alpha value is -1.49. The monoisotopic (exact) mass is 460 g/mol. The first-order valence-corrected chi connectivity index (χ1v) is 13.7. The van der Waals surface area contributed by atoms with Crippen LogP contribution >= 0.6 is 0 Å². The summed E-state index contributed by atoms with van der Waals surface area (Å²) >= 11 is 0. The van der Waals surface area contributed by atoms with E-state index in [0.29, 0.717) is 5.92 Å². The second-order valence-corrected chi connectivity index (χ2v) is 10.2. The van der Waals surface area contributed by atoms with Crippen LogP contribution in [-0.2, 0) is 4.79 Å². The smallest absolute Gasteiger partial charge is 0.306 e. The second kappa shape index (κ2) is 17.0. The van der Waals surface area contributed by atoms with E-state index in [2.05, 4.69) is 36.3 Å². The van der Waals surface area contributed by atoms with Gasteiger partial charge in [-0.2, -0.15) is 10.2 Å². The summed E-state index contributed by atoms with van der Waals surface area (Å²) in [5.41, 5.74) is 0. The normalized spacial score (nSPS) is 28.8. The Morgan fingerprint density at radius 3 is 2.27 bits per heavy atom. The van der Waals surface area contributed by atoms with E-state index in [-0.39, 0.29) is 24.1 Å². The molecule has 0 aromatic carbocycles. The fraction of sp³-hybridized carbons (Fsp3) is 0.821. The molecule has 0 spiro atoms. The maximum Gasteiger partial charge on any atom is 0.306 e. The predicted molar refractivity (Wildman–Crippen MR) is 135 cm³/mol. The van der Waals surface area contributed by atoms with Crippen LogP contribution in [-0.4, -0.2) is 34.4 Å². The lowest BCUT2D eigenvalue weighted by atomic mass is 9.80. The molecule has 5 heteroatoms. The number of carbonyl (C=O) groups is 1. The molecular formula is C28H48N2O3. The molecule has 3 atom stereocenters. The van der Waals surface area contributed by atoms with Crippen molar-refractivity contribution in [3.05, 3.63) is 24.3 Å². The molecule has 0 aromatic rings. The summed E-state index contributed by atoms with van der Waals surface area (Å²) < 4.78 is 0. The number of azo groups is 1. The summed E-state index contributed by atoms with van der Waals surface area (Å²) in [5.74, 6) is -0.423. The number of hydrogen-bond donors (Lipinski definition) is 2. The number of carboxylic acids is 1. The maximum absolute atomic E-state index is 11.1. The highest BCUT2D eigenvalue weighted by atomic mass is 16.4. The van der Waals surface area contributed by atoms with Gasteiger partial charge in [0.2, 0.25) is 0 Å². The molecule has 0 radical (unpaired) electrons. The number of aliphatic carboxylic acids is 1. The number of aliphatic hydroxyl groups is 1. The SMILES string of the molecule is CCC/C=C\C/C=C\CCCCCCCC1CC(O)CCC1N=NC1CCC(C(=O)O)CC1. The van der Waals surface area contributed by atoms with Gasteiger partial charge in [0.15, 0.2) is 0 Å². The quantitative estimate of drug-likeness (QED) is 0.150. The molecule has 2 rings (SSSR count). The molecule has 2 saturated carbocycles. The lowest BCUT2D eigenvalue weighted by molar-refractivity contribution is -0.142. The minimum atomic E-state index is -0.668. The van der Waals surface area contributed by atoms with Gasteiger partial charge in [0, 0.05) is 0 Å². The molecule has 3 unspecified atom stereocenters. The lowest BCUT2D eigenvalue weighted by Crippen LogP contribution is -2.31. The van der Waals surface area contributed by atoms with E-state index in [4.69, 9.17) is 10.2 Å². The van der Waals surface area contributed by atoms with Gasteiger partial charge in [-0.05, 0) is 83.0 Å². The highest BCUT2D eigenvalue weighted by Gasteiger charge is 2.30. The first-order chi connectivity index (χ1) is 16.1. The summed E-state index contributed by atoms with van der Waals surface area (Å²) in [6, 6.07) is 0.427. The molecule has 5 nitrogen and oxygen atoms in total. The molecular weight excluding hydrogens is 412 g/mol. The molecule has 2 aliphatic carbocycles. The Morgan fingerprint density at radius 2 is 1.55 bits per heavy atom. The van der Waals surface area contributed by atoms with E-state index in [9.17, 15) is 9.90 Å². The molecule has 2 fully saturated rings. The summed E-state index contributed by atoms with van der Waals surface area (Å²) in [5, 5.41) is 28.7. The van der Waals surface area contributed by atoms with Crippen LogP contribution in [0.15, 0.2) is 34.5 Å². The van der Waals surface area contributed by atoms with Crippen LogP contribution in [0.25, 0.3) is 0 Å². The predicted octanol–water partition coefficient (Wildman–Crippen LogP) is 7.64. The van der Waals surface area contributed by atoms with Gasteiger partial charge >= 0.3 is 5.97 Å². The average Bonchev–Trinajstić information content (AvgIpc) is 2.81. The highest BCUT2D eigenvalue weighted by Crippen LogP contribution is 2.33. The molecule has 0 saturated heterocycles. The van der Waals surface area contributed by atoms with Gasteiger partial charge < -0.3 is 10.2 Å². The Balaban J connectivity index is 1.58. The third-order valence-electron chi connectivity index (χ3n) is 7.35. The van der Waals surface area contributed by atoms with Gasteiger partial charge in [0.1, 0.15) is 0 Å². The van der Waals surface area contributed by atoms with Crippen molar-refractivity contribution in [3.63, 3.8) is 0 Å². The van der Waals surface area contributed by atoms with E-state index < -0.39 is 5.97 Å². The van der Waals surface area contributed by atoms with Crippen LogP contribution in [0.3, 0.4) is 0 Å². The average molecular weight is 461 g/mol. The van der Waals surface area contributed by atoms with Crippen molar-refractivity contribution in [2.75, 3.05) is 0 Å². The van der Waals surface area contributed by atoms with Crippen molar-refractivity contribution >= 4 is 5.97 Å². The van der Waals surface area contributed by atoms with Gasteiger partial charge in [-0.25, -0.2) is 0 Å². The van der Waals surface area contributed by atoms with Gasteiger partial charge in [-0.3, -0.25) is 4.79 Å². The first-order valence-electron chi connectivity index (χ1n) is 13.7. The molecule has 0 heterocycles. The third-order valence-corrected chi connectivity index (χ3v) is 7.35. The van der Waals surface area contributed by atoms with E-state index in [0.717, 1.165) is 57.8 Å². The van der Waals surface area contributed by atoms with Crippen molar-refractivity contribution in [2.45, 2.75) is 134 Å². The fourth-order valence-electron chi connectivity index (χ4n) is 5.18. The largest absolute Gasteiger partial charge is 0.481 e. The Labute approximate surface area is 201 Å². The lowest BCUT2D eigenvalue weighted by Gasteiger charge is -2.31. The van der Waals surface area contributed by atoms with Crippen molar-refractivity contribution < 1.29 is 15.0 Å². The number of allylic oxidation sites excluding steroid dienone is 4. The number of nitrogens with zero attached hydrogens (tertiary/aromatic N) is 2. The number of aliphatic hydroxyl groups excluding tert-OH is 1. The minimum Gasteiger partial charge on any atom is -0.481 e. The molecule has 33 heavy (non-hydrogen) atoms. The first kappa shape index (κ1) is 27.8. The van der Waals surface area contributed by atoms with E-state index in [1.807, 2.05) is 0 Å². The van der Waals surface area contributed by atoms with Gasteiger partial charge in [0.25, 0.3) is 0 Å². The highest BCUT2D eigenvalue weighted by molar-refractivity contribution is 5.70. The number of rotatable bonds is 15. The van der Waals surface area contributed by atoms with Crippen molar-refractivity contribution in [3.8, 4) is 0 Å². The van der Waals surface area contributed by atoms with Crippen molar-refractivity contribution in [2.24, 2.45) is 22.1 Å². The fourth-order valence-corrected chi connectivity index (χ4v) is 5.18. The van der Waals surface area contributed by atoms with Gasteiger partial charge in [0.05, 0.1) is 24.1 Å². The Bertz CT molecular complexity index is 608. The number of carboxylic acid groups (broad SMARTS) is 1. The molecule has 0 amide bonds. The standard InChI is InChI=1S/C28H48N2O3/c1-2-3-4-5-6-7-8-9-10-11-12-13-14-15-24-22-26(31)20-21-27(24)30-29-25-18-16-23(17-19-25)28(32)33/h4-5,7-8,23-27,31H,2-3,6,9-22H2,1H3,(H,32,33)/b5-4-,8-7-,30-29?. The van der Waals surface area contributed by atoms with Gasteiger partial charge in [-0.15, -0.1) is 0 Å². The summed E-state index contributed by atoms with van der Waals surface area (Å²) in [7, 11) is 0. The van der Waals surface area contributed by atoms with Crippen LogP contribution < -0.4 is 0 Å². The number of hydrogen-bond acceptors (Lipinski definition) is 4. The van der Waals surface area contributed by atoms with Gasteiger partial charge in [-0.1, -0.05) is 63.3 Å². The minimum absolute atomic E-state index is 0.184. The van der Waals surface area contributed by atoms with Crippen molar-refractivity contribution in [1.82, 2.24) is 0 Å². The van der Waals surface area contributed by atoms with Crippen LogP contribution in [0.2, 0.25) is 0 Å². The van der Waals surface area contributed by atoms with E-state index in [1.54, 1.807) is 0 Å². The zero-order valence-electron chi connectivity index (χ0n) is 20.9. The maximum atomic E-state index is 11.1. The topological polar surface area (TPSA) is 82.2 Å². The molecule has 0 bridgehead atoms. The summed E-state index contributed by atoms with van der Waals surface area (Å²) in [4.78, 5) is 11.1. The van der Waals surface area contributed by atoms with E-state index in [1.165, 1.54) is 51.4 Å². The van der Waals surface area contributed by atoms with E-state index >= 15 is 0 Å². The molecule has 2 N–H and O–H groups in total. The third kappa shape index (κ3) is 12.0. The Kier molecular flexibility index (Phi) is 14.3. The molecule has 0 aromatic heterocycles. The van der Waals surface area contributed by atoms with Crippen LogP contribution in [0.5, 0.6) is 0 Å². The molecule has 0 aliphatic heterocycles. The summed E-state index contributed by atoms with van der Waals surface area (Å²) in [6.45, 7) is 2.21.